The van der Waals surface area contributed by atoms with Crippen molar-refractivity contribution in [2.45, 2.75) is 157 Å². The highest BCUT2D eigenvalue weighted by Gasteiger charge is 2.18. The first kappa shape index (κ1) is 36.0. The van der Waals surface area contributed by atoms with Crippen molar-refractivity contribution in [3.8, 4) is 0 Å². The van der Waals surface area contributed by atoms with Gasteiger partial charge >= 0.3 is 0 Å². The molecule has 0 N–H and O–H groups in total. The summed E-state index contributed by atoms with van der Waals surface area (Å²) in [6, 6.07) is 15.3. The molecule has 0 aromatic heterocycles. The summed E-state index contributed by atoms with van der Waals surface area (Å²) >= 11 is 0. The molecule has 42 heavy (non-hydrogen) atoms. The van der Waals surface area contributed by atoms with Crippen LogP contribution in [0.2, 0.25) is 0 Å². The second-order valence-corrected chi connectivity index (χ2v) is 13.1. The van der Waals surface area contributed by atoms with E-state index in [1.165, 1.54) is 86.5 Å². The largest absolute Gasteiger partial charge is 0.299 e. The van der Waals surface area contributed by atoms with Gasteiger partial charge in [-0.2, -0.15) is 0 Å². The molecule has 2 nitrogen and oxygen atoms in total. The molecule has 0 saturated heterocycles. The van der Waals surface area contributed by atoms with Gasteiger partial charge in [-0.25, -0.2) is 0 Å². The van der Waals surface area contributed by atoms with E-state index in [-0.39, 0.29) is 11.7 Å². The Morgan fingerprint density at radius 2 is 1.36 bits per heavy atom. The molecule has 0 spiro atoms. The topological polar surface area (TPSA) is 34.1 Å². The van der Waals surface area contributed by atoms with Crippen molar-refractivity contribution in [3.05, 3.63) is 70.3 Å². The summed E-state index contributed by atoms with van der Waals surface area (Å²) < 4.78 is 0. The van der Waals surface area contributed by atoms with E-state index in [1.54, 1.807) is 6.92 Å². The van der Waals surface area contributed by atoms with Crippen molar-refractivity contribution < 1.29 is 9.59 Å². The van der Waals surface area contributed by atoms with Crippen molar-refractivity contribution in [1.29, 1.82) is 0 Å². The molecule has 2 aromatic carbocycles. The molecular weight excluding hydrogens is 512 g/mol. The number of carbonyl (C=O) groups excluding carboxylic acids is 2. The van der Waals surface area contributed by atoms with Crippen LogP contribution in [-0.2, 0) is 11.2 Å². The zero-order valence-electron chi connectivity index (χ0n) is 28.1. The molecule has 234 valence electrons. The average Bonchev–Trinajstić information content (AvgIpc) is 2.98. The number of carbonyl (C=O) groups is 2. The van der Waals surface area contributed by atoms with E-state index in [1.807, 2.05) is 12.1 Å². The smallest absolute Gasteiger partial charge is 0.159 e. The van der Waals surface area contributed by atoms with Crippen molar-refractivity contribution in [3.63, 3.8) is 0 Å². The first-order chi connectivity index (χ1) is 20.3. The number of hydrogen-bond acceptors (Lipinski definition) is 2. The Balaban J connectivity index is 1.75. The molecule has 3 atom stereocenters. The van der Waals surface area contributed by atoms with E-state index in [0.29, 0.717) is 11.7 Å². The number of rotatable bonds is 23. The molecule has 0 saturated carbocycles. The Kier molecular flexibility index (Phi) is 17.7. The highest BCUT2D eigenvalue weighted by molar-refractivity contribution is 5.94. The summed E-state index contributed by atoms with van der Waals surface area (Å²) in [6.07, 6.45) is 20.0. The average molecular weight is 575 g/mol. The van der Waals surface area contributed by atoms with Crippen LogP contribution in [0, 0.1) is 25.7 Å². The summed E-state index contributed by atoms with van der Waals surface area (Å²) in [6.45, 7) is 12.7. The highest BCUT2D eigenvalue weighted by atomic mass is 16.1. The van der Waals surface area contributed by atoms with Crippen molar-refractivity contribution in [2.75, 3.05) is 0 Å². The normalized spacial score (nSPS) is 13.6. The monoisotopic (exact) mass is 574 g/mol. The van der Waals surface area contributed by atoms with Crippen molar-refractivity contribution >= 4 is 11.6 Å². The lowest BCUT2D eigenvalue weighted by Gasteiger charge is -2.19. The number of benzene rings is 2. The molecule has 0 aliphatic carbocycles. The second-order valence-electron chi connectivity index (χ2n) is 13.1. The summed E-state index contributed by atoms with van der Waals surface area (Å²) in [5.74, 6) is 2.31. The Labute approximate surface area is 259 Å². The summed E-state index contributed by atoms with van der Waals surface area (Å²) in [7, 11) is 0. The molecule has 3 unspecified atom stereocenters. The quantitative estimate of drug-likeness (QED) is 0.0977. The predicted molar refractivity (Wildman–Crippen MR) is 182 cm³/mol. The number of ketones is 2. The highest BCUT2D eigenvalue weighted by Crippen LogP contribution is 2.29. The molecular formula is C40H62O2. The maximum atomic E-state index is 13.1. The fourth-order valence-corrected chi connectivity index (χ4v) is 6.59. The van der Waals surface area contributed by atoms with Crippen LogP contribution in [-0.4, -0.2) is 11.6 Å². The van der Waals surface area contributed by atoms with Crippen LogP contribution >= 0.6 is 0 Å². The lowest BCUT2D eigenvalue weighted by atomic mass is 9.86. The molecule has 2 heteroatoms. The van der Waals surface area contributed by atoms with Gasteiger partial charge in [0, 0.05) is 17.9 Å². The Bertz CT molecular complexity index is 1030. The van der Waals surface area contributed by atoms with Crippen molar-refractivity contribution in [1.82, 2.24) is 0 Å². The lowest BCUT2D eigenvalue weighted by Crippen LogP contribution is -2.16. The van der Waals surface area contributed by atoms with E-state index in [9.17, 15) is 9.59 Å². The summed E-state index contributed by atoms with van der Waals surface area (Å²) in [5, 5.41) is 0. The summed E-state index contributed by atoms with van der Waals surface area (Å²) in [5.41, 5.74) is 6.11. The third-order valence-corrected chi connectivity index (χ3v) is 9.59. The van der Waals surface area contributed by atoms with Gasteiger partial charge in [0.25, 0.3) is 0 Å². The Morgan fingerprint density at radius 3 is 1.98 bits per heavy atom. The maximum Gasteiger partial charge on any atom is 0.159 e. The minimum atomic E-state index is 0.112. The summed E-state index contributed by atoms with van der Waals surface area (Å²) in [4.78, 5) is 24.8. The van der Waals surface area contributed by atoms with E-state index in [4.69, 9.17) is 0 Å². The van der Waals surface area contributed by atoms with E-state index >= 15 is 0 Å². The molecule has 0 aliphatic rings. The third kappa shape index (κ3) is 13.4. The van der Waals surface area contributed by atoms with Crippen LogP contribution in [0.15, 0.2) is 42.5 Å². The second kappa shape index (κ2) is 20.6. The van der Waals surface area contributed by atoms with Gasteiger partial charge in [0.05, 0.1) is 0 Å². The zero-order chi connectivity index (χ0) is 30.7. The van der Waals surface area contributed by atoms with Crippen LogP contribution in [0.25, 0.3) is 0 Å². The fourth-order valence-electron chi connectivity index (χ4n) is 6.59. The Hall–Kier alpha value is -2.22. The van der Waals surface area contributed by atoms with Crippen LogP contribution < -0.4 is 0 Å². The molecule has 0 bridgehead atoms. The number of hydrogen-bond donors (Lipinski definition) is 0. The molecule has 0 amide bonds. The molecule has 0 fully saturated rings. The van der Waals surface area contributed by atoms with Gasteiger partial charge in [-0.3, -0.25) is 9.59 Å². The zero-order valence-corrected chi connectivity index (χ0v) is 28.1. The van der Waals surface area contributed by atoms with E-state index in [2.05, 4.69) is 65.0 Å². The van der Waals surface area contributed by atoms with Gasteiger partial charge in [-0.15, -0.1) is 0 Å². The van der Waals surface area contributed by atoms with E-state index < -0.39 is 0 Å². The predicted octanol–water partition coefficient (Wildman–Crippen LogP) is 11.9. The minimum absolute atomic E-state index is 0.112. The van der Waals surface area contributed by atoms with Crippen LogP contribution in [0.1, 0.15) is 169 Å². The first-order valence-corrected chi connectivity index (χ1v) is 17.5. The van der Waals surface area contributed by atoms with Gasteiger partial charge in [-0.05, 0) is 93.9 Å². The maximum absolute atomic E-state index is 13.1. The molecule has 2 aromatic rings. The van der Waals surface area contributed by atoms with Crippen molar-refractivity contribution in [2.24, 2.45) is 11.8 Å². The van der Waals surface area contributed by atoms with Gasteiger partial charge in [-0.1, -0.05) is 127 Å². The Morgan fingerprint density at radius 1 is 0.690 bits per heavy atom. The SMILES string of the molecule is CCCCC(=O)C(CCCCCC(CC)CCCCC(CCC)c1ccc(C)cc1)CCc1ccc(C(C)=O)cc1C. The van der Waals surface area contributed by atoms with Gasteiger partial charge in [0.2, 0.25) is 0 Å². The molecule has 0 heterocycles. The van der Waals surface area contributed by atoms with Gasteiger partial charge < -0.3 is 0 Å². The number of Topliss-reactive ketones (excluding diaryl/α,β-unsaturated/α-hetero) is 2. The number of aryl methyl sites for hydroxylation is 3. The van der Waals surface area contributed by atoms with Gasteiger partial charge in [0.15, 0.2) is 5.78 Å². The number of unbranched alkanes of at least 4 members (excludes halogenated alkanes) is 4. The van der Waals surface area contributed by atoms with Gasteiger partial charge in [0.1, 0.15) is 5.78 Å². The first-order valence-electron chi connectivity index (χ1n) is 17.5. The molecule has 0 aliphatic heterocycles. The molecule has 0 radical (unpaired) electrons. The van der Waals surface area contributed by atoms with Crippen LogP contribution in [0.3, 0.4) is 0 Å². The van der Waals surface area contributed by atoms with Crippen LogP contribution in [0.4, 0.5) is 0 Å². The van der Waals surface area contributed by atoms with Crippen LogP contribution in [0.5, 0.6) is 0 Å². The fraction of sp³-hybridized carbons (Fsp3) is 0.650. The molecule has 2 rings (SSSR count). The van der Waals surface area contributed by atoms with E-state index in [0.717, 1.165) is 56.4 Å². The standard InChI is InChI=1S/C40H62O2/c1-7-10-21-40(42)38(28-26-35-27-29-39(33(6)41)30-32(35)5)20-13-11-12-17-34(9-3)18-14-15-19-36(16-8-2)37-24-22-31(4)23-25-37/h22-25,27,29-30,34,36,38H,7-21,26,28H2,1-6H3. The third-order valence-electron chi connectivity index (χ3n) is 9.59. The minimum Gasteiger partial charge on any atom is -0.299 e. The lowest BCUT2D eigenvalue weighted by molar-refractivity contribution is -0.123.